The largest absolute Gasteiger partial charge is 0.388 e. The van der Waals surface area contributed by atoms with Crippen LogP contribution in [0.2, 0.25) is 0 Å². The normalized spacial score (nSPS) is 16.8. The van der Waals surface area contributed by atoms with Gasteiger partial charge in [0.15, 0.2) is 5.13 Å². The number of amides is 2. The van der Waals surface area contributed by atoms with E-state index in [-0.39, 0.29) is 11.9 Å². The Hall–Kier alpha value is -1.92. The molecule has 0 spiro atoms. The fraction of sp³-hybridized carbons (Fsp3) is 0.444. The van der Waals surface area contributed by atoms with Crippen LogP contribution in [0.5, 0.6) is 0 Å². The predicted molar refractivity (Wildman–Crippen MR) is 96.2 cm³/mol. The molecule has 2 N–H and O–H groups in total. The SMILES string of the molecule is CCc1csc(NC(=O)N2CCC(C(O)c3ccccc3)CC2)n1. The van der Waals surface area contributed by atoms with E-state index >= 15 is 0 Å². The molecule has 0 radical (unpaired) electrons. The molecule has 5 nitrogen and oxygen atoms in total. The van der Waals surface area contributed by atoms with Gasteiger partial charge >= 0.3 is 6.03 Å². The molecule has 1 unspecified atom stereocenters. The summed E-state index contributed by atoms with van der Waals surface area (Å²) in [4.78, 5) is 18.5. The van der Waals surface area contributed by atoms with Crippen molar-refractivity contribution in [1.82, 2.24) is 9.88 Å². The number of nitrogens with one attached hydrogen (secondary N) is 1. The second kappa shape index (κ2) is 7.77. The maximum Gasteiger partial charge on any atom is 0.323 e. The molecule has 2 aromatic rings. The highest BCUT2D eigenvalue weighted by Crippen LogP contribution is 2.30. The van der Waals surface area contributed by atoms with E-state index in [2.05, 4.69) is 10.3 Å². The van der Waals surface area contributed by atoms with Gasteiger partial charge in [-0.15, -0.1) is 11.3 Å². The molecule has 1 aromatic carbocycles. The van der Waals surface area contributed by atoms with Gasteiger partial charge in [-0.1, -0.05) is 37.3 Å². The number of piperidine rings is 1. The van der Waals surface area contributed by atoms with Crippen molar-refractivity contribution in [1.29, 1.82) is 0 Å². The molecule has 1 atom stereocenters. The minimum Gasteiger partial charge on any atom is -0.388 e. The van der Waals surface area contributed by atoms with Gasteiger partial charge in [0.05, 0.1) is 11.8 Å². The minimum atomic E-state index is -0.456. The average Bonchev–Trinajstić information content (AvgIpc) is 3.09. The number of hydrogen-bond donors (Lipinski definition) is 2. The molecular weight excluding hydrogens is 322 g/mol. The molecule has 128 valence electrons. The van der Waals surface area contributed by atoms with E-state index < -0.39 is 6.10 Å². The second-order valence-corrected chi connectivity index (χ2v) is 6.97. The number of rotatable bonds is 4. The van der Waals surface area contributed by atoms with Crippen LogP contribution in [0.4, 0.5) is 9.93 Å². The smallest absolute Gasteiger partial charge is 0.323 e. The van der Waals surface area contributed by atoms with Crippen LogP contribution >= 0.6 is 11.3 Å². The molecule has 1 fully saturated rings. The number of aliphatic hydroxyl groups is 1. The van der Waals surface area contributed by atoms with E-state index in [0.717, 1.165) is 30.5 Å². The fourth-order valence-corrected chi connectivity index (χ4v) is 3.82. The number of hydrogen-bond acceptors (Lipinski definition) is 4. The number of aliphatic hydroxyl groups excluding tert-OH is 1. The molecular formula is C18H23N3O2S. The molecule has 0 aliphatic carbocycles. The van der Waals surface area contributed by atoms with Crippen LogP contribution in [0.1, 0.15) is 37.1 Å². The van der Waals surface area contributed by atoms with E-state index in [1.54, 1.807) is 4.90 Å². The number of benzene rings is 1. The summed E-state index contributed by atoms with van der Waals surface area (Å²) in [5.41, 5.74) is 1.95. The zero-order valence-corrected chi connectivity index (χ0v) is 14.6. The fourth-order valence-electron chi connectivity index (χ4n) is 3.04. The summed E-state index contributed by atoms with van der Waals surface area (Å²) >= 11 is 1.46. The number of carbonyl (C=O) groups is 1. The molecule has 1 aliphatic rings. The molecule has 2 amide bonds. The van der Waals surface area contributed by atoms with Crippen molar-refractivity contribution in [3.63, 3.8) is 0 Å². The lowest BCUT2D eigenvalue weighted by Crippen LogP contribution is -2.42. The third kappa shape index (κ3) is 3.94. The molecule has 3 rings (SSSR count). The van der Waals surface area contributed by atoms with Crippen LogP contribution in [0.25, 0.3) is 0 Å². The van der Waals surface area contributed by atoms with Crippen molar-refractivity contribution in [2.45, 2.75) is 32.3 Å². The Morgan fingerprint density at radius 1 is 1.38 bits per heavy atom. The molecule has 2 heterocycles. The van der Waals surface area contributed by atoms with Crippen molar-refractivity contribution in [2.24, 2.45) is 5.92 Å². The summed E-state index contributed by atoms with van der Waals surface area (Å²) in [6, 6.07) is 9.65. The maximum atomic E-state index is 12.3. The van der Waals surface area contributed by atoms with Crippen LogP contribution in [0, 0.1) is 5.92 Å². The first-order valence-electron chi connectivity index (χ1n) is 8.40. The van der Waals surface area contributed by atoms with Gasteiger partial charge < -0.3 is 10.0 Å². The molecule has 1 saturated heterocycles. The molecule has 1 aromatic heterocycles. The van der Waals surface area contributed by atoms with Gasteiger partial charge in [-0.05, 0) is 30.7 Å². The Morgan fingerprint density at radius 3 is 2.71 bits per heavy atom. The number of aromatic nitrogens is 1. The Morgan fingerprint density at radius 2 is 2.08 bits per heavy atom. The van der Waals surface area contributed by atoms with E-state index in [1.807, 2.05) is 42.6 Å². The number of likely N-dealkylation sites (tertiary alicyclic amines) is 1. The van der Waals surface area contributed by atoms with E-state index in [1.165, 1.54) is 11.3 Å². The number of nitrogens with zero attached hydrogens (tertiary/aromatic N) is 2. The summed E-state index contributed by atoms with van der Waals surface area (Å²) in [7, 11) is 0. The van der Waals surface area contributed by atoms with E-state index in [9.17, 15) is 9.90 Å². The zero-order chi connectivity index (χ0) is 16.9. The quantitative estimate of drug-likeness (QED) is 0.888. The van der Waals surface area contributed by atoms with Gasteiger partial charge in [0.2, 0.25) is 0 Å². The van der Waals surface area contributed by atoms with Crippen molar-refractivity contribution in [2.75, 3.05) is 18.4 Å². The van der Waals surface area contributed by atoms with Crippen molar-refractivity contribution in [3.05, 3.63) is 47.0 Å². The van der Waals surface area contributed by atoms with Crippen LogP contribution in [0.15, 0.2) is 35.7 Å². The Labute approximate surface area is 146 Å². The number of urea groups is 1. The monoisotopic (exact) mass is 345 g/mol. The average molecular weight is 345 g/mol. The van der Waals surface area contributed by atoms with Gasteiger partial charge in [-0.25, -0.2) is 9.78 Å². The standard InChI is InChI=1S/C18H23N3O2S/c1-2-15-12-24-17(19-15)20-18(23)21-10-8-14(9-11-21)16(22)13-6-4-3-5-7-13/h3-7,12,14,16,22H,2,8-11H2,1H3,(H,19,20,23). The first kappa shape index (κ1) is 16.9. The summed E-state index contributed by atoms with van der Waals surface area (Å²) in [5.74, 6) is 0.197. The van der Waals surface area contributed by atoms with Crippen molar-refractivity contribution < 1.29 is 9.90 Å². The first-order valence-corrected chi connectivity index (χ1v) is 9.28. The highest BCUT2D eigenvalue weighted by Gasteiger charge is 2.28. The van der Waals surface area contributed by atoms with Crippen molar-refractivity contribution >= 4 is 22.5 Å². The molecule has 24 heavy (non-hydrogen) atoms. The van der Waals surface area contributed by atoms with Crippen LogP contribution < -0.4 is 5.32 Å². The Balaban J connectivity index is 1.52. The zero-order valence-electron chi connectivity index (χ0n) is 13.8. The van der Waals surface area contributed by atoms with Gasteiger partial charge in [0, 0.05) is 18.5 Å². The summed E-state index contributed by atoms with van der Waals surface area (Å²) < 4.78 is 0. The third-order valence-electron chi connectivity index (χ3n) is 4.54. The van der Waals surface area contributed by atoms with Gasteiger partial charge in [-0.3, -0.25) is 5.32 Å². The number of carbonyl (C=O) groups excluding carboxylic acids is 1. The number of anilines is 1. The number of thiazole rings is 1. The van der Waals surface area contributed by atoms with Gasteiger partial charge in [-0.2, -0.15) is 0 Å². The van der Waals surface area contributed by atoms with Crippen molar-refractivity contribution in [3.8, 4) is 0 Å². The van der Waals surface area contributed by atoms with Crippen LogP contribution in [-0.2, 0) is 6.42 Å². The highest BCUT2D eigenvalue weighted by molar-refractivity contribution is 7.13. The second-order valence-electron chi connectivity index (χ2n) is 6.11. The molecule has 0 saturated carbocycles. The lowest BCUT2D eigenvalue weighted by Gasteiger charge is -2.34. The lowest BCUT2D eigenvalue weighted by atomic mass is 9.87. The van der Waals surface area contributed by atoms with E-state index in [0.29, 0.717) is 18.2 Å². The Kier molecular flexibility index (Phi) is 5.48. The summed E-state index contributed by atoms with van der Waals surface area (Å²) in [5, 5.41) is 16.0. The minimum absolute atomic E-state index is 0.0975. The molecule has 6 heteroatoms. The third-order valence-corrected chi connectivity index (χ3v) is 5.35. The maximum absolute atomic E-state index is 12.3. The highest BCUT2D eigenvalue weighted by atomic mass is 32.1. The van der Waals surface area contributed by atoms with Gasteiger partial charge in [0.1, 0.15) is 0 Å². The van der Waals surface area contributed by atoms with Crippen LogP contribution in [-0.4, -0.2) is 34.1 Å². The Bertz CT molecular complexity index is 666. The summed E-state index contributed by atoms with van der Waals surface area (Å²) in [6.07, 6.45) is 2.03. The first-order chi connectivity index (χ1) is 11.7. The predicted octanol–water partition coefficient (Wildman–Crippen LogP) is 3.68. The topological polar surface area (TPSA) is 65.5 Å². The lowest BCUT2D eigenvalue weighted by molar-refractivity contribution is 0.0683. The van der Waals surface area contributed by atoms with Crippen LogP contribution in [0.3, 0.4) is 0 Å². The number of aryl methyl sites for hydroxylation is 1. The van der Waals surface area contributed by atoms with E-state index in [4.69, 9.17) is 0 Å². The molecule has 0 bridgehead atoms. The van der Waals surface area contributed by atoms with Gasteiger partial charge in [0.25, 0.3) is 0 Å². The summed E-state index contributed by atoms with van der Waals surface area (Å²) in [6.45, 7) is 3.36. The molecule has 1 aliphatic heterocycles.